The molecule has 3 heterocycles. The molecule has 0 radical (unpaired) electrons. The second-order valence-electron chi connectivity index (χ2n) is 10.6. The lowest BCUT2D eigenvalue weighted by atomic mass is 9.82. The van der Waals surface area contributed by atoms with E-state index in [0.29, 0.717) is 44.2 Å². The van der Waals surface area contributed by atoms with Gasteiger partial charge in [-0.05, 0) is 77.7 Å². The molecule has 0 fully saturated rings. The lowest BCUT2D eigenvalue weighted by Gasteiger charge is -2.30. The molecule has 9 heteroatoms. The maximum Gasteiger partial charge on any atom is 0.251 e. The Morgan fingerprint density at radius 1 is 1.00 bits per heavy atom. The fourth-order valence-electron chi connectivity index (χ4n) is 5.46. The van der Waals surface area contributed by atoms with Crippen molar-refractivity contribution in [2.75, 3.05) is 0 Å². The predicted molar refractivity (Wildman–Crippen MR) is 166 cm³/mol. The first-order valence-electron chi connectivity index (χ1n) is 13.7. The largest absolute Gasteiger partial charge is 0.465 e. The van der Waals surface area contributed by atoms with Crippen LogP contribution in [0.4, 0.5) is 0 Å². The summed E-state index contributed by atoms with van der Waals surface area (Å²) in [6, 6.07) is 25.0. The molecular formula is C34H29ClN4O4. The second kappa shape index (κ2) is 11.1. The number of benzene rings is 3. The van der Waals surface area contributed by atoms with E-state index in [9.17, 15) is 14.7 Å². The third-order valence-electron chi connectivity index (χ3n) is 7.77. The van der Waals surface area contributed by atoms with Gasteiger partial charge in [0.2, 0.25) is 0 Å². The van der Waals surface area contributed by atoms with Gasteiger partial charge in [-0.15, -0.1) is 0 Å². The SMILES string of the molecule is Cc1ccc(CNC(=O)c2ccc(C(O)(c3ccc4c(c3)c(-c3cccc(Cl)c3)cc(=O)n4C)c3cncn3C)cc2)o1. The maximum absolute atomic E-state index is 12.9. The summed E-state index contributed by atoms with van der Waals surface area (Å²) < 4.78 is 8.88. The van der Waals surface area contributed by atoms with Crippen LogP contribution in [-0.2, 0) is 26.2 Å². The first-order chi connectivity index (χ1) is 20.6. The minimum atomic E-state index is -1.64. The Balaban J connectivity index is 1.45. The van der Waals surface area contributed by atoms with Gasteiger partial charge in [-0.1, -0.05) is 41.9 Å². The van der Waals surface area contributed by atoms with Crippen molar-refractivity contribution in [3.63, 3.8) is 0 Å². The number of nitrogens with one attached hydrogen (secondary N) is 1. The molecule has 0 aliphatic heterocycles. The summed E-state index contributed by atoms with van der Waals surface area (Å²) in [4.78, 5) is 30.0. The molecule has 2 N–H and O–H groups in total. The Labute approximate surface area is 252 Å². The van der Waals surface area contributed by atoms with Gasteiger partial charge in [-0.3, -0.25) is 9.59 Å². The topological polar surface area (TPSA) is 102 Å². The minimum Gasteiger partial charge on any atom is -0.465 e. The Bertz CT molecular complexity index is 2040. The highest BCUT2D eigenvalue weighted by Crippen LogP contribution is 2.39. The number of aryl methyl sites for hydroxylation is 3. The van der Waals surface area contributed by atoms with E-state index in [1.807, 2.05) is 62.5 Å². The van der Waals surface area contributed by atoms with Crippen LogP contribution in [0, 0.1) is 6.92 Å². The molecule has 1 atom stereocenters. The number of aromatic nitrogens is 3. The molecule has 0 saturated heterocycles. The average Bonchev–Trinajstić information content (AvgIpc) is 3.64. The zero-order valence-electron chi connectivity index (χ0n) is 23.8. The summed E-state index contributed by atoms with van der Waals surface area (Å²) in [6.07, 6.45) is 3.25. The molecule has 6 rings (SSSR count). The molecule has 1 amide bonds. The van der Waals surface area contributed by atoms with E-state index < -0.39 is 5.60 Å². The van der Waals surface area contributed by atoms with E-state index in [-0.39, 0.29) is 18.0 Å². The first-order valence-corrected chi connectivity index (χ1v) is 14.1. The van der Waals surface area contributed by atoms with Gasteiger partial charge >= 0.3 is 0 Å². The number of amides is 1. The number of carbonyl (C=O) groups excluding carboxylic acids is 1. The average molecular weight is 593 g/mol. The predicted octanol–water partition coefficient (Wildman–Crippen LogP) is 5.71. The lowest BCUT2D eigenvalue weighted by Crippen LogP contribution is -2.31. The third kappa shape index (κ3) is 5.16. The summed E-state index contributed by atoms with van der Waals surface area (Å²) >= 11 is 6.31. The van der Waals surface area contributed by atoms with E-state index in [1.165, 1.54) is 0 Å². The van der Waals surface area contributed by atoms with Crippen LogP contribution >= 0.6 is 11.6 Å². The molecule has 0 saturated carbocycles. The molecule has 43 heavy (non-hydrogen) atoms. The maximum atomic E-state index is 12.9. The smallest absolute Gasteiger partial charge is 0.251 e. The highest BCUT2D eigenvalue weighted by Gasteiger charge is 2.37. The highest BCUT2D eigenvalue weighted by molar-refractivity contribution is 6.30. The minimum absolute atomic E-state index is 0.159. The van der Waals surface area contributed by atoms with Gasteiger partial charge in [0.15, 0.2) is 5.60 Å². The lowest BCUT2D eigenvalue weighted by molar-refractivity contribution is 0.0946. The molecule has 3 aromatic carbocycles. The second-order valence-corrected chi connectivity index (χ2v) is 11.0. The number of imidazole rings is 1. The van der Waals surface area contributed by atoms with Gasteiger partial charge in [0.25, 0.3) is 11.5 Å². The fourth-order valence-corrected chi connectivity index (χ4v) is 5.65. The number of carbonyl (C=O) groups is 1. The number of hydrogen-bond donors (Lipinski definition) is 2. The van der Waals surface area contributed by atoms with Gasteiger partial charge in [0.1, 0.15) is 11.5 Å². The van der Waals surface area contributed by atoms with Crippen molar-refractivity contribution in [3.8, 4) is 11.1 Å². The molecule has 3 aromatic heterocycles. The molecule has 0 aliphatic rings. The summed E-state index contributed by atoms with van der Waals surface area (Å²) in [7, 11) is 3.53. The number of rotatable bonds is 7. The Kier molecular flexibility index (Phi) is 7.25. The first kappa shape index (κ1) is 28.2. The van der Waals surface area contributed by atoms with Crippen molar-refractivity contribution in [2.24, 2.45) is 14.1 Å². The van der Waals surface area contributed by atoms with E-state index in [2.05, 4.69) is 10.3 Å². The van der Waals surface area contributed by atoms with Crippen LogP contribution in [-0.4, -0.2) is 25.1 Å². The van der Waals surface area contributed by atoms with Crippen molar-refractivity contribution < 1.29 is 14.3 Å². The van der Waals surface area contributed by atoms with Crippen LogP contribution in [0.2, 0.25) is 5.02 Å². The summed E-state index contributed by atoms with van der Waals surface area (Å²) in [5.41, 5.74) is 2.48. The van der Waals surface area contributed by atoms with E-state index in [4.69, 9.17) is 16.0 Å². The Morgan fingerprint density at radius 2 is 1.77 bits per heavy atom. The number of fused-ring (bicyclic) bond motifs is 1. The summed E-state index contributed by atoms with van der Waals surface area (Å²) in [6.45, 7) is 2.12. The van der Waals surface area contributed by atoms with Crippen molar-refractivity contribution >= 4 is 28.4 Å². The zero-order chi connectivity index (χ0) is 30.3. The quantitative estimate of drug-likeness (QED) is 0.247. The third-order valence-corrected chi connectivity index (χ3v) is 8.01. The van der Waals surface area contributed by atoms with Crippen LogP contribution in [0.15, 0.2) is 107 Å². The number of furan rings is 1. The van der Waals surface area contributed by atoms with Gasteiger partial charge < -0.3 is 24.0 Å². The van der Waals surface area contributed by atoms with Crippen LogP contribution in [0.1, 0.15) is 38.7 Å². The Hall–Kier alpha value is -4.92. The van der Waals surface area contributed by atoms with E-state index in [1.54, 1.807) is 65.1 Å². The number of hydrogen-bond acceptors (Lipinski definition) is 5. The molecule has 6 aromatic rings. The number of nitrogens with zero attached hydrogens (tertiary/aromatic N) is 3. The van der Waals surface area contributed by atoms with Crippen LogP contribution < -0.4 is 10.9 Å². The van der Waals surface area contributed by atoms with Gasteiger partial charge in [-0.25, -0.2) is 4.98 Å². The summed E-state index contributed by atoms with van der Waals surface area (Å²) in [5, 5.41) is 16.8. The van der Waals surface area contributed by atoms with Crippen molar-refractivity contribution in [1.82, 2.24) is 19.4 Å². The molecule has 0 aliphatic carbocycles. The van der Waals surface area contributed by atoms with Gasteiger partial charge in [0.05, 0.1) is 30.3 Å². The number of aliphatic hydroxyl groups is 1. The monoisotopic (exact) mass is 592 g/mol. The molecule has 216 valence electrons. The van der Waals surface area contributed by atoms with Crippen molar-refractivity contribution in [2.45, 2.75) is 19.1 Å². The fraction of sp³-hybridized carbons (Fsp3) is 0.147. The molecule has 0 bridgehead atoms. The molecular weight excluding hydrogens is 564 g/mol. The van der Waals surface area contributed by atoms with Gasteiger partial charge in [-0.2, -0.15) is 0 Å². The van der Waals surface area contributed by atoms with Gasteiger partial charge in [0, 0.05) is 36.1 Å². The van der Waals surface area contributed by atoms with E-state index >= 15 is 0 Å². The standard InChI is InChI=1S/C34H29ClN4O4/c1-21-7-13-27(43-21)18-37-33(41)22-8-10-24(11-9-22)34(42,31-19-36-20-38(31)2)25-12-14-30-29(16-25)28(17-32(40)39(30)3)23-5-4-6-26(35)15-23/h4-17,19-20,42H,18H2,1-3H3,(H,37,41). The van der Waals surface area contributed by atoms with E-state index in [0.717, 1.165) is 16.7 Å². The van der Waals surface area contributed by atoms with Crippen LogP contribution in [0.3, 0.4) is 0 Å². The van der Waals surface area contributed by atoms with Crippen LogP contribution in [0.25, 0.3) is 22.0 Å². The molecule has 8 nitrogen and oxygen atoms in total. The van der Waals surface area contributed by atoms with Crippen molar-refractivity contribution in [1.29, 1.82) is 0 Å². The molecule has 0 spiro atoms. The number of pyridine rings is 1. The number of halogens is 1. The summed E-state index contributed by atoms with van der Waals surface area (Å²) in [5.74, 6) is 1.18. The Morgan fingerprint density at radius 3 is 2.44 bits per heavy atom. The molecule has 1 unspecified atom stereocenters. The highest BCUT2D eigenvalue weighted by atomic mass is 35.5. The van der Waals surface area contributed by atoms with Crippen LogP contribution in [0.5, 0.6) is 0 Å². The van der Waals surface area contributed by atoms with Crippen molar-refractivity contribution in [3.05, 3.63) is 147 Å². The normalized spacial score (nSPS) is 12.8. The zero-order valence-corrected chi connectivity index (χ0v) is 24.6.